The van der Waals surface area contributed by atoms with E-state index in [-0.39, 0.29) is 11.2 Å². The van der Waals surface area contributed by atoms with Gasteiger partial charge in [0.2, 0.25) is 5.91 Å². The average Bonchev–Trinajstić information content (AvgIpc) is 2.49. The van der Waals surface area contributed by atoms with Gasteiger partial charge in [0.15, 0.2) is 0 Å². The molecule has 0 spiro atoms. The number of benzene rings is 2. The zero-order valence-electron chi connectivity index (χ0n) is 11.5. The van der Waals surface area contributed by atoms with Crippen LogP contribution < -0.4 is 5.32 Å². The highest BCUT2D eigenvalue weighted by atomic mass is 79.9. The highest BCUT2D eigenvalue weighted by molar-refractivity contribution is 9.10. The molecule has 0 radical (unpaired) electrons. The van der Waals surface area contributed by atoms with Crippen LogP contribution in [0.15, 0.2) is 57.9 Å². The van der Waals surface area contributed by atoms with Gasteiger partial charge in [0.05, 0.1) is 5.25 Å². The summed E-state index contributed by atoms with van der Waals surface area (Å²) in [5, 5.41) is 3.52. The highest BCUT2D eigenvalue weighted by Crippen LogP contribution is 2.27. The maximum Gasteiger partial charge on any atom is 0.237 e. The number of carbonyl (C=O) groups excluding carboxylic acids is 1. The van der Waals surface area contributed by atoms with Crippen LogP contribution in [-0.4, -0.2) is 11.2 Å². The number of rotatable bonds is 5. The molecule has 0 aliphatic rings. The number of halogens is 2. The Morgan fingerprint density at radius 1 is 1.19 bits per heavy atom. The molecule has 0 fully saturated rings. The lowest BCUT2D eigenvalue weighted by atomic mass is 10.3. The smallest absolute Gasteiger partial charge is 0.237 e. The molecule has 2 rings (SSSR count). The van der Waals surface area contributed by atoms with Crippen molar-refractivity contribution in [2.24, 2.45) is 0 Å². The van der Waals surface area contributed by atoms with E-state index >= 15 is 0 Å². The van der Waals surface area contributed by atoms with Crippen LogP contribution in [0.4, 0.5) is 5.69 Å². The highest BCUT2D eigenvalue weighted by Gasteiger charge is 2.18. The van der Waals surface area contributed by atoms with E-state index in [1.54, 1.807) is 11.8 Å². The van der Waals surface area contributed by atoms with Crippen molar-refractivity contribution in [1.29, 1.82) is 0 Å². The summed E-state index contributed by atoms with van der Waals surface area (Å²) in [6.45, 7) is 2.01. The minimum Gasteiger partial charge on any atom is -0.325 e. The van der Waals surface area contributed by atoms with Crippen LogP contribution in [-0.2, 0) is 4.79 Å². The van der Waals surface area contributed by atoms with Gasteiger partial charge in [-0.05, 0) is 55.0 Å². The van der Waals surface area contributed by atoms with Gasteiger partial charge >= 0.3 is 0 Å². The van der Waals surface area contributed by atoms with Gasteiger partial charge in [0, 0.05) is 20.1 Å². The van der Waals surface area contributed by atoms with Crippen molar-refractivity contribution in [3.8, 4) is 0 Å². The third-order valence-corrected chi connectivity index (χ3v) is 5.02. The fraction of sp³-hybridized carbons (Fsp3) is 0.188. The number of thioether (sulfide) groups is 1. The molecular formula is C16H15BrClNOS. The first-order chi connectivity index (χ1) is 10.1. The van der Waals surface area contributed by atoms with Crippen LogP contribution in [0.1, 0.15) is 13.3 Å². The minimum atomic E-state index is -0.130. The first kappa shape index (κ1) is 16.4. The molecule has 0 aromatic heterocycles. The Hall–Kier alpha value is -0.970. The lowest BCUT2D eigenvalue weighted by Gasteiger charge is -2.15. The third-order valence-electron chi connectivity index (χ3n) is 2.87. The Labute approximate surface area is 142 Å². The van der Waals surface area contributed by atoms with Gasteiger partial charge in [-0.1, -0.05) is 34.5 Å². The van der Waals surface area contributed by atoms with Crippen molar-refractivity contribution in [1.82, 2.24) is 0 Å². The number of amides is 1. The maximum atomic E-state index is 12.3. The van der Waals surface area contributed by atoms with E-state index in [9.17, 15) is 4.79 Å². The average molecular weight is 385 g/mol. The quantitative estimate of drug-likeness (QED) is 0.679. The molecule has 0 aliphatic heterocycles. The summed E-state index contributed by atoms with van der Waals surface area (Å²) in [5.41, 5.74) is 0.804. The number of hydrogen-bond acceptors (Lipinski definition) is 2. The molecule has 5 heteroatoms. The van der Waals surface area contributed by atoms with Crippen LogP contribution in [0.2, 0.25) is 5.02 Å². The molecular weight excluding hydrogens is 370 g/mol. The summed E-state index contributed by atoms with van der Waals surface area (Å²) in [6, 6.07) is 15.1. The minimum absolute atomic E-state index is 0.0137. The largest absolute Gasteiger partial charge is 0.325 e. The van der Waals surface area contributed by atoms with Crippen molar-refractivity contribution in [2.75, 3.05) is 5.32 Å². The standard InChI is InChI=1S/C16H15BrClNOS/c1-2-15(21-14-9-5-12(18)6-10-14)16(20)19-13-7-3-11(17)4-8-13/h3-10,15H,2H2,1H3,(H,19,20)/t15-/m1/s1. The van der Waals surface area contributed by atoms with Gasteiger partial charge in [-0.15, -0.1) is 11.8 Å². The zero-order valence-corrected chi connectivity index (χ0v) is 14.6. The Bertz CT molecular complexity index is 601. The molecule has 1 atom stereocenters. The predicted octanol–water partition coefficient (Wildman–Crippen LogP) is 5.61. The fourth-order valence-corrected chi connectivity index (χ4v) is 3.10. The fourth-order valence-electron chi connectivity index (χ4n) is 1.76. The van der Waals surface area contributed by atoms with Crippen molar-refractivity contribution in [2.45, 2.75) is 23.5 Å². The van der Waals surface area contributed by atoms with E-state index in [0.717, 1.165) is 21.5 Å². The summed E-state index contributed by atoms with van der Waals surface area (Å²) in [6.07, 6.45) is 0.760. The number of anilines is 1. The molecule has 110 valence electrons. The van der Waals surface area contributed by atoms with Crippen molar-refractivity contribution in [3.63, 3.8) is 0 Å². The van der Waals surface area contributed by atoms with Crippen molar-refractivity contribution >= 4 is 50.9 Å². The Morgan fingerprint density at radius 3 is 2.38 bits per heavy atom. The van der Waals surface area contributed by atoms with E-state index < -0.39 is 0 Å². The second-order valence-electron chi connectivity index (χ2n) is 4.46. The van der Waals surface area contributed by atoms with Crippen LogP contribution in [0.5, 0.6) is 0 Å². The van der Waals surface area contributed by atoms with Crippen LogP contribution in [0.25, 0.3) is 0 Å². The zero-order chi connectivity index (χ0) is 15.2. The molecule has 21 heavy (non-hydrogen) atoms. The second-order valence-corrected chi connectivity index (χ2v) is 7.09. The summed E-state index contributed by atoms with van der Waals surface area (Å²) in [7, 11) is 0. The first-order valence-corrected chi connectivity index (χ1v) is 8.62. The van der Waals surface area contributed by atoms with Crippen LogP contribution in [0.3, 0.4) is 0 Å². The normalized spacial score (nSPS) is 12.0. The summed E-state index contributed by atoms with van der Waals surface area (Å²) in [4.78, 5) is 13.4. The van der Waals surface area contributed by atoms with Crippen LogP contribution in [0, 0.1) is 0 Å². The van der Waals surface area contributed by atoms with Gasteiger partial charge in [0.25, 0.3) is 0 Å². The lowest BCUT2D eigenvalue weighted by Crippen LogP contribution is -2.24. The summed E-state index contributed by atoms with van der Waals surface area (Å²) in [5.74, 6) is 0.0137. The number of carbonyl (C=O) groups is 1. The van der Waals surface area contributed by atoms with Gasteiger partial charge in [-0.2, -0.15) is 0 Å². The Balaban J connectivity index is 2.01. The molecule has 0 saturated heterocycles. The first-order valence-electron chi connectivity index (χ1n) is 6.57. The molecule has 0 saturated carbocycles. The van der Waals surface area contributed by atoms with Gasteiger partial charge in [0.1, 0.15) is 0 Å². The van der Waals surface area contributed by atoms with E-state index in [2.05, 4.69) is 21.2 Å². The summed E-state index contributed by atoms with van der Waals surface area (Å²) < 4.78 is 0.989. The van der Waals surface area contributed by atoms with Crippen molar-refractivity contribution in [3.05, 3.63) is 58.0 Å². The molecule has 0 heterocycles. The molecule has 0 bridgehead atoms. The summed E-state index contributed by atoms with van der Waals surface area (Å²) >= 11 is 10.8. The van der Waals surface area contributed by atoms with Crippen LogP contribution >= 0.6 is 39.3 Å². The maximum absolute atomic E-state index is 12.3. The SMILES string of the molecule is CC[C@@H](Sc1ccc(Cl)cc1)C(=O)Nc1ccc(Br)cc1. The Kier molecular flexibility index (Phi) is 6.15. The number of nitrogens with one attached hydrogen (secondary N) is 1. The monoisotopic (exact) mass is 383 g/mol. The van der Waals surface area contributed by atoms with Crippen molar-refractivity contribution < 1.29 is 4.79 Å². The lowest BCUT2D eigenvalue weighted by molar-refractivity contribution is -0.115. The number of hydrogen-bond donors (Lipinski definition) is 1. The predicted molar refractivity (Wildman–Crippen MR) is 94.2 cm³/mol. The molecule has 0 unspecified atom stereocenters. The van der Waals surface area contributed by atoms with E-state index in [1.165, 1.54) is 0 Å². The van der Waals surface area contributed by atoms with Gasteiger partial charge < -0.3 is 5.32 Å². The van der Waals surface area contributed by atoms with E-state index in [0.29, 0.717) is 5.02 Å². The molecule has 2 nitrogen and oxygen atoms in total. The third kappa shape index (κ3) is 5.06. The Morgan fingerprint density at radius 2 is 1.81 bits per heavy atom. The molecule has 1 amide bonds. The second kappa shape index (κ2) is 7.87. The van der Waals surface area contributed by atoms with E-state index in [4.69, 9.17) is 11.6 Å². The van der Waals surface area contributed by atoms with Gasteiger partial charge in [-0.3, -0.25) is 4.79 Å². The topological polar surface area (TPSA) is 29.1 Å². The molecule has 1 N–H and O–H groups in total. The molecule has 2 aromatic carbocycles. The molecule has 2 aromatic rings. The van der Waals surface area contributed by atoms with Gasteiger partial charge in [-0.25, -0.2) is 0 Å². The van der Waals surface area contributed by atoms with E-state index in [1.807, 2.05) is 55.5 Å². The molecule has 0 aliphatic carbocycles.